The van der Waals surface area contributed by atoms with Crippen LogP contribution in [0.25, 0.3) is 0 Å². The second-order valence-corrected chi connectivity index (χ2v) is 16.8. The van der Waals surface area contributed by atoms with Gasteiger partial charge >= 0.3 is 17.1 Å². The van der Waals surface area contributed by atoms with Gasteiger partial charge in [0, 0.05) is 40.3 Å². The molecule has 0 aromatic heterocycles. The highest BCUT2D eigenvalue weighted by molar-refractivity contribution is 6.66. The summed E-state index contributed by atoms with van der Waals surface area (Å²) in [5, 5.41) is 0. The van der Waals surface area contributed by atoms with Gasteiger partial charge in [-0.25, -0.2) is 0 Å². The zero-order valence-electron chi connectivity index (χ0n) is 22.6. The number of carbonyl (C=O) groups is 1. The Morgan fingerprint density at radius 2 is 0.906 bits per heavy atom. The minimum atomic E-state index is -1.92. The molecule has 0 saturated carbocycles. The lowest BCUT2D eigenvalue weighted by molar-refractivity contribution is -0.127. The first-order chi connectivity index (χ1) is 15.2. The van der Waals surface area contributed by atoms with Crippen molar-refractivity contribution in [2.24, 2.45) is 11.8 Å². The molecule has 0 radical (unpaired) electrons. The van der Waals surface area contributed by atoms with E-state index in [-0.39, 0.29) is 11.8 Å². The van der Waals surface area contributed by atoms with Gasteiger partial charge in [0.15, 0.2) is 0 Å². The van der Waals surface area contributed by atoms with Crippen LogP contribution in [0.1, 0.15) is 90.9 Å². The van der Waals surface area contributed by atoms with Crippen molar-refractivity contribution in [3.05, 3.63) is 0 Å². The molecule has 0 aliphatic carbocycles. The highest BCUT2D eigenvalue weighted by Gasteiger charge is 2.28. The third-order valence-electron chi connectivity index (χ3n) is 7.38. The number of Topliss-reactive ketones (excluding diaryl/α,β-unsaturated/α-hetero) is 1. The van der Waals surface area contributed by atoms with E-state index in [1.807, 2.05) is 0 Å². The monoisotopic (exact) mass is 490 g/mol. The van der Waals surface area contributed by atoms with Gasteiger partial charge in [-0.15, -0.1) is 0 Å². The summed E-state index contributed by atoms with van der Waals surface area (Å²) in [6.45, 7) is 8.61. The van der Waals surface area contributed by atoms with Crippen LogP contribution < -0.4 is 0 Å². The minimum absolute atomic E-state index is 0.243. The lowest BCUT2D eigenvalue weighted by atomic mass is 9.83. The van der Waals surface area contributed by atoms with Crippen LogP contribution in [0.4, 0.5) is 0 Å². The summed E-state index contributed by atoms with van der Waals surface area (Å²) in [6, 6.07) is 2.10. The van der Waals surface area contributed by atoms with Gasteiger partial charge in [0.2, 0.25) is 0 Å². The zero-order valence-corrected chi connectivity index (χ0v) is 24.6. The van der Waals surface area contributed by atoms with Crippen LogP contribution in [-0.2, 0) is 22.5 Å². The van der Waals surface area contributed by atoms with Gasteiger partial charge in [-0.05, 0) is 50.9 Å². The molecule has 0 saturated heterocycles. The topological polar surface area (TPSA) is 54.0 Å². The highest BCUT2D eigenvalue weighted by atomic mass is 28.4. The fraction of sp³-hybridized carbons (Fsp3) is 0.960. The van der Waals surface area contributed by atoms with Crippen LogP contribution in [0.3, 0.4) is 0 Å². The van der Waals surface area contributed by atoms with Crippen LogP contribution >= 0.6 is 0 Å². The molecule has 0 aliphatic rings. The smallest absolute Gasteiger partial charge is 0.334 e. The summed E-state index contributed by atoms with van der Waals surface area (Å²) in [6.07, 6.45) is 13.5. The average molecular weight is 491 g/mol. The van der Waals surface area contributed by atoms with Gasteiger partial charge in [-0.3, -0.25) is 4.79 Å². The van der Waals surface area contributed by atoms with E-state index < -0.39 is 17.1 Å². The largest absolute Gasteiger partial charge is 0.398 e. The Labute approximate surface area is 201 Å². The molecule has 32 heavy (non-hydrogen) atoms. The fourth-order valence-electron chi connectivity index (χ4n) is 4.38. The molecule has 2 atom stereocenters. The Kier molecular flexibility index (Phi) is 18.3. The first-order valence-corrected chi connectivity index (χ1v) is 18.0. The molecule has 0 spiro atoms. The molecule has 0 rings (SSSR count). The fourth-order valence-corrected chi connectivity index (χ4v) is 7.32. The van der Waals surface area contributed by atoms with Gasteiger partial charge in [0.05, 0.1) is 0 Å². The van der Waals surface area contributed by atoms with E-state index >= 15 is 0 Å². The molecule has 0 aromatic rings. The van der Waals surface area contributed by atoms with Crippen molar-refractivity contribution in [1.29, 1.82) is 0 Å². The Bertz CT molecular complexity index is 427. The molecular formula is C25H54O5Si2. The molecule has 0 aromatic carbocycles. The van der Waals surface area contributed by atoms with E-state index in [1.165, 1.54) is 25.7 Å². The van der Waals surface area contributed by atoms with E-state index in [9.17, 15) is 4.79 Å². The van der Waals surface area contributed by atoms with Gasteiger partial charge in [-0.1, -0.05) is 65.2 Å². The standard InChI is InChI=1S/C25H54O5Si2/c1-9-23(19-15-11-13-17-21-31(7,27-3)28-4)25(26)24(10-2)20-16-12-14-18-22-32(8,29-5)30-6/h23-24H,9-22H2,1-8H3. The third kappa shape index (κ3) is 13.0. The average Bonchev–Trinajstić information content (AvgIpc) is 2.82. The first kappa shape index (κ1) is 31.9. The third-order valence-corrected chi connectivity index (χ3v) is 13.4. The lowest BCUT2D eigenvalue weighted by Gasteiger charge is -2.23. The number of carbonyl (C=O) groups excluding carboxylic acids is 1. The zero-order chi connectivity index (χ0) is 24.5. The maximum absolute atomic E-state index is 13.1. The van der Waals surface area contributed by atoms with E-state index in [0.29, 0.717) is 5.78 Å². The Balaban J connectivity index is 4.16. The number of unbranched alkanes of at least 4 members (excludes halogenated alkanes) is 6. The molecule has 2 unspecified atom stereocenters. The Morgan fingerprint density at radius 3 is 1.19 bits per heavy atom. The molecular weight excluding hydrogens is 436 g/mol. The molecule has 0 amide bonds. The Hall–Kier alpha value is -0.0562. The van der Waals surface area contributed by atoms with E-state index in [0.717, 1.165) is 63.5 Å². The predicted octanol–water partition coefficient (Wildman–Crippen LogP) is 7.24. The molecule has 5 nitrogen and oxygen atoms in total. The second-order valence-electron chi connectivity index (χ2n) is 9.60. The summed E-state index contributed by atoms with van der Waals surface area (Å²) in [5.41, 5.74) is 0. The van der Waals surface area contributed by atoms with Crippen LogP contribution in [0.5, 0.6) is 0 Å². The molecule has 0 N–H and O–H groups in total. The number of hydrogen-bond acceptors (Lipinski definition) is 5. The van der Waals surface area contributed by atoms with E-state index in [4.69, 9.17) is 17.7 Å². The van der Waals surface area contributed by atoms with E-state index in [2.05, 4.69) is 26.9 Å². The SMILES string of the molecule is CCC(CCCCCC[Si](C)(OC)OC)C(=O)C(CC)CCCCCC[Si](C)(OC)OC. The van der Waals surface area contributed by atoms with Gasteiger partial charge < -0.3 is 17.7 Å². The van der Waals surface area contributed by atoms with Crippen LogP contribution in [0, 0.1) is 11.8 Å². The maximum atomic E-state index is 13.1. The number of hydrogen-bond donors (Lipinski definition) is 0. The predicted molar refractivity (Wildman–Crippen MR) is 140 cm³/mol. The molecule has 0 heterocycles. The summed E-state index contributed by atoms with van der Waals surface area (Å²) in [4.78, 5) is 13.1. The summed E-state index contributed by atoms with van der Waals surface area (Å²) < 4.78 is 22.2. The molecule has 0 aliphatic heterocycles. The molecule has 0 bridgehead atoms. The lowest BCUT2D eigenvalue weighted by Crippen LogP contribution is -2.35. The van der Waals surface area contributed by atoms with Crippen molar-refractivity contribution >= 4 is 22.9 Å². The van der Waals surface area contributed by atoms with Gasteiger partial charge in [0.25, 0.3) is 0 Å². The van der Waals surface area contributed by atoms with Crippen molar-refractivity contribution in [3.8, 4) is 0 Å². The van der Waals surface area contributed by atoms with Crippen LogP contribution in [-0.4, -0.2) is 51.3 Å². The quantitative estimate of drug-likeness (QED) is 0.118. The molecule has 192 valence electrons. The van der Waals surface area contributed by atoms with Crippen LogP contribution in [0.2, 0.25) is 25.2 Å². The van der Waals surface area contributed by atoms with Crippen molar-refractivity contribution in [1.82, 2.24) is 0 Å². The van der Waals surface area contributed by atoms with Crippen molar-refractivity contribution in [2.75, 3.05) is 28.4 Å². The van der Waals surface area contributed by atoms with Crippen molar-refractivity contribution in [3.63, 3.8) is 0 Å². The summed E-state index contributed by atoms with van der Waals surface area (Å²) >= 11 is 0. The Morgan fingerprint density at radius 1 is 0.594 bits per heavy atom. The van der Waals surface area contributed by atoms with E-state index in [1.54, 1.807) is 28.4 Å². The normalized spacial score (nSPS) is 14.5. The highest BCUT2D eigenvalue weighted by Crippen LogP contribution is 2.26. The van der Waals surface area contributed by atoms with Crippen molar-refractivity contribution < 1.29 is 22.5 Å². The molecule has 7 heteroatoms. The maximum Gasteiger partial charge on any atom is 0.334 e. The van der Waals surface area contributed by atoms with Gasteiger partial charge in [0.1, 0.15) is 5.78 Å². The van der Waals surface area contributed by atoms with Crippen molar-refractivity contribution in [2.45, 2.75) is 116 Å². The van der Waals surface area contributed by atoms with Gasteiger partial charge in [-0.2, -0.15) is 0 Å². The second kappa shape index (κ2) is 18.3. The minimum Gasteiger partial charge on any atom is -0.398 e. The number of rotatable bonds is 22. The molecule has 0 fully saturated rings. The number of ketones is 1. The first-order valence-electron chi connectivity index (χ1n) is 13.0. The summed E-state index contributed by atoms with van der Waals surface area (Å²) in [7, 11) is 3.20. The van der Waals surface area contributed by atoms with Crippen LogP contribution in [0.15, 0.2) is 0 Å². The summed E-state index contributed by atoms with van der Waals surface area (Å²) in [5.74, 6) is 1.01.